The van der Waals surface area contributed by atoms with Gasteiger partial charge in [0.2, 0.25) is 0 Å². The summed E-state index contributed by atoms with van der Waals surface area (Å²) in [7, 11) is 2.14. The maximum atomic E-state index is 13.7. The zero-order chi connectivity index (χ0) is 20.0. The number of benzene rings is 1. The molecule has 0 amide bonds. The second-order valence-electron chi connectivity index (χ2n) is 7.68. The van der Waals surface area contributed by atoms with Crippen LogP contribution in [0, 0.1) is 5.82 Å². The number of halogens is 2. The van der Waals surface area contributed by atoms with Crippen LogP contribution in [0.5, 0.6) is 0 Å². The molecule has 0 bridgehead atoms. The van der Waals surface area contributed by atoms with Crippen molar-refractivity contribution in [2.24, 2.45) is 0 Å². The summed E-state index contributed by atoms with van der Waals surface area (Å²) < 4.78 is 15.7. The molecule has 3 aromatic heterocycles. The molecule has 4 heterocycles. The third-order valence-electron chi connectivity index (χ3n) is 5.73. The van der Waals surface area contributed by atoms with E-state index in [1.165, 1.54) is 12.1 Å². The highest BCUT2D eigenvalue weighted by molar-refractivity contribution is 6.32. The van der Waals surface area contributed by atoms with Gasteiger partial charge in [-0.1, -0.05) is 23.7 Å². The summed E-state index contributed by atoms with van der Waals surface area (Å²) in [5.41, 5.74) is 4.24. The van der Waals surface area contributed by atoms with E-state index in [-0.39, 0.29) is 5.82 Å². The van der Waals surface area contributed by atoms with Gasteiger partial charge >= 0.3 is 0 Å². The van der Waals surface area contributed by atoms with Crippen molar-refractivity contribution in [3.63, 3.8) is 0 Å². The Bertz CT molecular complexity index is 1170. The normalized spacial score (nSPS) is 16.0. The summed E-state index contributed by atoms with van der Waals surface area (Å²) >= 11 is 6.50. The van der Waals surface area contributed by atoms with Crippen molar-refractivity contribution in [1.29, 1.82) is 0 Å². The second-order valence-corrected chi connectivity index (χ2v) is 8.04. The SMILES string of the molecule is CN1CCC(n2cc(-c3cnc4[nH]cc(-c5cccc(F)c5)c4c3)c(Cl)n2)CC1. The lowest BCUT2D eigenvalue weighted by Crippen LogP contribution is -2.31. The van der Waals surface area contributed by atoms with E-state index in [1.54, 1.807) is 12.3 Å². The first-order valence-corrected chi connectivity index (χ1v) is 10.1. The lowest BCUT2D eigenvalue weighted by Gasteiger charge is -2.28. The molecule has 1 aliphatic heterocycles. The summed E-state index contributed by atoms with van der Waals surface area (Å²) in [5, 5.41) is 5.98. The van der Waals surface area contributed by atoms with Gasteiger partial charge < -0.3 is 9.88 Å². The predicted molar refractivity (Wildman–Crippen MR) is 113 cm³/mol. The molecule has 1 fully saturated rings. The number of hydrogen-bond donors (Lipinski definition) is 1. The van der Waals surface area contributed by atoms with E-state index in [0.29, 0.717) is 11.2 Å². The fraction of sp³-hybridized carbons (Fsp3) is 0.273. The predicted octanol–water partition coefficient (Wildman–Crippen LogP) is 5.15. The van der Waals surface area contributed by atoms with Crippen molar-refractivity contribution in [2.45, 2.75) is 18.9 Å². The number of aromatic nitrogens is 4. The Morgan fingerprint density at radius 2 is 1.97 bits per heavy atom. The van der Waals surface area contributed by atoms with Crippen LogP contribution < -0.4 is 0 Å². The third-order valence-corrected chi connectivity index (χ3v) is 6.01. The van der Waals surface area contributed by atoms with E-state index < -0.39 is 0 Å². The maximum Gasteiger partial charge on any atom is 0.158 e. The van der Waals surface area contributed by atoms with Crippen molar-refractivity contribution < 1.29 is 4.39 Å². The van der Waals surface area contributed by atoms with Gasteiger partial charge in [-0.3, -0.25) is 4.68 Å². The lowest BCUT2D eigenvalue weighted by molar-refractivity contribution is 0.212. The minimum absolute atomic E-state index is 0.261. The Balaban J connectivity index is 1.53. The summed E-state index contributed by atoms with van der Waals surface area (Å²) in [6, 6.07) is 8.98. The Labute approximate surface area is 173 Å². The standard InChI is InChI=1S/C22H21ClFN5/c1-28-7-5-17(6-8-28)29-13-20(21(23)27-29)15-10-18-19(12-26-22(18)25-11-15)14-3-2-4-16(24)9-14/h2-4,9-13,17H,5-8H2,1H3,(H,25,26). The van der Waals surface area contributed by atoms with Crippen LogP contribution in [0.3, 0.4) is 0 Å². The van der Waals surface area contributed by atoms with Crippen LogP contribution in [-0.2, 0) is 0 Å². The molecule has 1 saturated heterocycles. The monoisotopic (exact) mass is 409 g/mol. The van der Waals surface area contributed by atoms with Crippen LogP contribution in [0.4, 0.5) is 4.39 Å². The van der Waals surface area contributed by atoms with Gasteiger partial charge in [-0.25, -0.2) is 9.37 Å². The highest BCUT2D eigenvalue weighted by atomic mass is 35.5. The van der Waals surface area contributed by atoms with Crippen LogP contribution in [0.25, 0.3) is 33.3 Å². The van der Waals surface area contributed by atoms with Crippen molar-refractivity contribution in [1.82, 2.24) is 24.6 Å². The maximum absolute atomic E-state index is 13.7. The van der Waals surface area contributed by atoms with E-state index in [4.69, 9.17) is 11.6 Å². The molecule has 0 radical (unpaired) electrons. The second kappa shape index (κ2) is 7.28. The van der Waals surface area contributed by atoms with Gasteiger partial charge in [0.25, 0.3) is 0 Å². The molecule has 0 spiro atoms. The molecule has 1 N–H and O–H groups in total. The highest BCUT2D eigenvalue weighted by Gasteiger charge is 2.21. The number of hydrogen-bond acceptors (Lipinski definition) is 3. The number of aromatic amines is 1. The fourth-order valence-electron chi connectivity index (χ4n) is 4.06. The summed E-state index contributed by atoms with van der Waals surface area (Å²) in [6.07, 6.45) is 7.81. The van der Waals surface area contributed by atoms with Gasteiger partial charge in [-0.05, 0) is 56.7 Å². The average molecular weight is 410 g/mol. The zero-order valence-electron chi connectivity index (χ0n) is 16.1. The fourth-order valence-corrected chi connectivity index (χ4v) is 4.30. The molecule has 148 valence electrons. The van der Waals surface area contributed by atoms with Crippen molar-refractivity contribution in [2.75, 3.05) is 20.1 Å². The van der Waals surface area contributed by atoms with E-state index >= 15 is 0 Å². The average Bonchev–Trinajstić information content (AvgIpc) is 3.31. The molecule has 0 aliphatic carbocycles. The van der Waals surface area contributed by atoms with Gasteiger partial charge in [0, 0.05) is 40.7 Å². The minimum Gasteiger partial charge on any atom is -0.346 e. The molecule has 0 atom stereocenters. The molecule has 1 aliphatic rings. The van der Waals surface area contributed by atoms with E-state index in [9.17, 15) is 4.39 Å². The van der Waals surface area contributed by atoms with Gasteiger partial charge in [0.05, 0.1) is 6.04 Å². The number of nitrogens with zero attached hydrogens (tertiary/aromatic N) is 4. The van der Waals surface area contributed by atoms with Crippen LogP contribution in [0.1, 0.15) is 18.9 Å². The smallest absolute Gasteiger partial charge is 0.158 e. The molecule has 7 heteroatoms. The van der Waals surface area contributed by atoms with Crippen LogP contribution >= 0.6 is 11.6 Å². The van der Waals surface area contributed by atoms with Crippen molar-refractivity contribution in [3.8, 4) is 22.3 Å². The molecular formula is C22H21ClFN5. The van der Waals surface area contributed by atoms with E-state index in [0.717, 1.165) is 59.2 Å². The number of rotatable bonds is 3. The molecule has 0 unspecified atom stereocenters. The summed E-state index contributed by atoms with van der Waals surface area (Å²) in [4.78, 5) is 10.0. The third kappa shape index (κ3) is 3.43. The molecule has 5 nitrogen and oxygen atoms in total. The number of likely N-dealkylation sites (tertiary alicyclic amines) is 1. The van der Waals surface area contributed by atoms with E-state index in [2.05, 4.69) is 27.0 Å². The number of piperidine rings is 1. The molecule has 1 aromatic carbocycles. The number of H-pyrrole nitrogens is 1. The quantitative estimate of drug-likeness (QED) is 0.509. The lowest BCUT2D eigenvalue weighted by atomic mass is 10.0. The first-order valence-electron chi connectivity index (χ1n) is 9.75. The van der Waals surface area contributed by atoms with Crippen LogP contribution in [0.2, 0.25) is 5.15 Å². The summed E-state index contributed by atoms with van der Waals surface area (Å²) in [5.74, 6) is -0.261. The van der Waals surface area contributed by atoms with Gasteiger partial charge in [0.1, 0.15) is 11.5 Å². The molecule has 0 saturated carbocycles. The summed E-state index contributed by atoms with van der Waals surface area (Å²) in [6.45, 7) is 2.12. The molecule has 4 aromatic rings. The Kier molecular flexibility index (Phi) is 4.60. The van der Waals surface area contributed by atoms with Gasteiger partial charge in [0.15, 0.2) is 5.15 Å². The zero-order valence-corrected chi connectivity index (χ0v) is 16.8. The first-order chi connectivity index (χ1) is 14.1. The van der Waals surface area contributed by atoms with Crippen LogP contribution in [-0.4, -0.2) is 44.8 Å². The largest absolute Gasteiger partial charge is 0.346 e. The van der Waals surface area contributed by atoms with Gasteiger partial charge in [-0.2, -0.15) is 5.10 Å². The topological polar surface area (TPSA) is 49.7 Å². The number of pyridine rings is 1. The van der Waals surface area contributed by atoms with Gasteiger partial charge in [-0.15, -0.1) is 0 Å². The molecule has 5 rings (SSSR count). The Morgan fingerprint density at radius 1 is 1.14 bits per heavy atom. The Hall–Kier alpha value is -2.70. The highest BCUT2D eigenvalue weighted by Crippen LogP contribution is 2.34. The number of fused-ring (bicyclic) bond motifs is 1. The first kappa shape index (κ1) is 18.3. The molecular weight excluding hydrogens is 389 g/mol. The number of nitrogens with one attached hydrogen (secondary N) is 1. The molecule has 29 heavy (non-hydrogen) atoms. The minimum atomic E-state index is -0.261. The van der Waals surface area contributed by atoms with Crippen molar-refractivity contribution in [3.05, 3.63) is 59.9 Å². The van der Waals surface area contributed by atoms with Crippen LogP contribution in [0.15, 0.2) is 48.9 Å². The Morgan fingerprint density at radius 3 is 2.76 bits per heavy atom. The van der Waals surface area contributed by atoms with Crippen molar-refractivity contribution >= 4 is 22.6 Å². The van der Waals surface area contributed by atoms with E-state index in [1.807, 2.05) is 29.2 Å².